The summed E-state index contributed by atoms with van der Waals surface area (Å²) in [5.74, 6) is 0. The van der Waals surface area contributed by atoms with Gasteiger partial charge in [-0.2, -0.15) is 0 Å². The molecule has 2 aromatic heterocycles. The van der Waals surface area contributed by atoms with Crippen LogP contribution in [0.4, 0.5) is 0 Å². The summed E-state index contributed by atoms with van der Waals surface area (Å²) >= 11 is 0. The third kappa shape index (κ3) is 10.7. The molecule has 0 fully saturated rings. The number of nitrogens with zero attached hydrogens (tertiary/aromatic N) is 2. The number of benzene rings is 21. The van der Waals surface area contributed by atoms with Crippen molar-refractivity contribution >= 4 is 130 Å². The van der Waals surface area contributed by atoms with E-state index in [0.717, 1.165) is 11.4 Å². The number of hydrogen-bond donors (Lipinski definition) is 0. The van der Waals surface area contributed by atoms with E-state index in [1.54, 1.807) is 0 Å². The highest BCUT2D eigenvalue weighted by Gasteiger charge is 2.22. The molecule has 23 aromatic rings. The van der Waals surface area contributed by atoms with Gasteiger partial charge in [-0.25, -0.2) is 0 Å². The molecule has 0 N–H and O–H groups in total. The Hall–Kier alpha value is -14.7. The van der Waals surface area contributed by atoms with Gasteiger partial charge in [0, 0.05) is 32.9 Å². The normalized spacial score (nSPS) is 11.8. The quantitative estimate of drug-likeness (QED) is 0.128. The molecule has 0 spiro atoms. The molecule has 0 aliphatic carbocycles. The van der Waals surface area contributed by atoms with E-state index in [0.29, 0.717) is 0 Å². The van der Waals surface area contributed by atoms with Crippen molar-refractivity contribution in [1.29, 1.82) is 0 Å². The van der Waals surface area contributed by atoms with E-state index in [2.05, 4.69) is 434 Å². The minimum atomic E-state index is 1.15. The van der Waals surface area contributed by atoms with Crippen LogP contribution in [0.15, 0.2) is 425 Å². The first-order chi connectivity index (χ1) is 55.6. The topological polar surface area (TPSA) is 9.86 Å². The lowest BCUT2D eigenvalue weighted by atomic mass is 9.85. The third-order valence-corrected chi connectivity index (χ3v) is 23.5. The molecular formula is C110H70N2. The molecule has 0 aliphatic heterocycles. The van der Waals surface area contributed by atoms with Crippen molar-refractivity contribution in [1.82, 2.24) is 9.13 Å². The van der Waals surface area contributed by atoms with Crippen molar-refractivity contribution in [3.63, 3.8) is 0 Å². The van der Waals surface area contributed by atoms with Gasteiger partial charge in [0.05, 0.1) is 22.1 Å². The molecule has 21 aromatic carbocycles. The van der Waals surface area contributed by atoms with Crippen molar-refractivity contribution in [2.45, 2.75) is 0 Å². The summed E-state index contributed by atoms with van der Waals surface area (Å²) in [5.41, 5.74) is 24.5. The van der Waals surface area contributed by atoms with Crippen molar-refractivity contribution in [2.75, 3.05) is 0 Å². The smallest absolute Gasteiger partial charge is 0.0541 e. The number of fused-ring (bicyclic) bond motifs is 14. The molecule has 2 heterocycles. The summed E-state index contributed by atoms with van der Waals surface area (Å²) in [7, 11) is 0. The van der Waals surface area contributed by atoms with Gasteiger partial charge in [0.25, 0.3) is 0 Å². The zero-order valence-electron chi connectivity index (χ0n) is 61.3. The van der Waals surface area contributed by atoms with E-state index in [1.807, 2.05) is 0 Å². The fraction of sp³-hybridized carbons (Fsp3) is 0. The fourth-order valence-electron chi connectivity index (χ4n) is 18.4. The van der Waals surface area contributed by atoms with Gasteiger partial charge >= 0.3 is 0 Å². The van der Waals surface area contributed by atoms with Crippen LogP contribution in [0, 0.1) is 0 Å². The summed E-state index contributed by atoms with van der Waals surface area (Å²) in [4.78, 5) is 0. The van der Waals surface area contributed by atoms with E-state index in [1.165, 1.54) is 208 Å². The predicted octanol–water partition coefficient (Wildman–Crippen LogP) is 30.5. The molecule has 23 rings (SSSR count). The zero-order valence-corrected chi connectivity index (χ0v) is 61.3. The molecule has 520 valence electrons. The molecule has 0 saturated carbocycles. The summed E-state index contributed by atoms with van der Waals surface area (Å²) in [6.07, 6.45) is 0. The van der Waals surface area contributed by atoms with Gasteiger partial charge < -0.3 is 9.13 Å². The summed E-state index contributed by atoms with van der Waals surface area (Å²) in [6, 6.07) is 156. The van der Waals surface area contributed by atoms with Gasteiger partial charge in [0.15, 0.2) is 0 Å². The number of para-hydroxylation sites is 2. The molecule has 2 nitrogen and oxygen atoms in total. The number of aromatic nitrogens is 2. The number of hydrogen-bond acceptors (Lipinski definition) is 0. The van der Waals surface area contributed by atoms with Crippen molar-refractivity contribution in [3.05, 3.63) is 425 Å². The second-order valence-electron chi connectivity index (χ2n) is 29.7. The van der Waals surface area contributed by atoms with E-state index in [4.69, 9.17) is 0 Å². The first-order valence-electron chi connectivity index (χ1n) is 38.8. The first kappa shape index (κ1) is 64.5. The van der Waals surface area contributed by atoms with E-state index in [9.17, 15) is 0 Å². The largest absolute Gasteiger partial charge is 0.309 e. The summed E-state index contributed by atoms with van der Waals surface area (Å²) < 4.78 is 4.84. The summed E-state index contributed by atoms with van der Waals surface area (Å²) in [5, 5.41) is 25.2. The maximum atomic E-state index is 2.42. The molecule has 0 radical (unpaired) electrons. The van der Waals surface area contributed by atoms with Crippen LogP contribution in [0.3, 0.4) is 0 Å². The van der Waals surface area contributed by atoms with Crippen molar-refractivity contribution in [3.8, 4) is 89.3 Å². The fourth-order valence-corrected chi connectivity index (χ4v) is 18.4. The van der Waals surface area contributed by atoms with Crippen LogP contribution in [-0.4, -0.2) is 9.13 Å². The van der Waals surface area contributed by atoms with E-state index in [-0.39, 0.29) is 0 Å². The lowest BCUT2D eigenvalue weighted by Crippen LogP contribution is -1.95. The van der Waals surface area contributed by atoms with E-state index < -0.39 is 0 Å². The molecule has 112 heavy (non-hydrogen) atoms. The average molecular weight is 1420 g/mol. The third-order valence-electron chi connectivity index (χ3n) is 23.5. The molecule has 0 unspecified atom stereocenters. The Kier molecular flexibility index (Phi) is 15.3. The van der Waals surface area contributed by atoms with Crippen LogP contribution >= 0.6 is 0 Å². The second-order valence-corrected chi connectivity index (χ2v) is 29.7. The standard InChI is InChI=1S/C58H37N.C52H33N/c1-2-14-43-36-44(29-26-38(43)12-1)39-24-27-41(28-25-39)57-50-18-5-7-20-52(50)58(53-21-8-6-19-51(53)57)42-30-33-46(34-31-42)59-55-23-10-9-17-49(55)54-37-45(32-35-56(54)59)48-22-11-15-40-13-3-4-16-47(40)48;1-2-14-37-32-39(25-24-34(37)12-1)52-46-20-7-5-18-44(46)51(45-19-6-8-21-47(45)52)36-26-29-40(30-27-36)53-49-23-10-9-17-43(49)48-33-38(28-31-50(48)53)42-22-11-15-35-13-3-4-16-41(35)42/h1-37H;1-33H. The molecule has 0 atom stereocenters. The monoisotopic (exact) mass is 1420 g/mol. The van der Waals surface area contributed by atoms with Crippen LogP contribution in [0.1, 0.15) is 0 Å². The maximum Gasteiger partial charge on any atom is 0.0541 e. The van der Waals surface area contributed by atoms with Gasteiger partial charge in [0.2, 0.25) is 0 Å². The molecule has 0 amide bonds. The van der Waals surface area contributed by atoms with Crippen molar-refractivity contribution < 1.29 is 0 Å². The Morgan fingerprint density at radius 2 is 0.384 bits per heavy atom. The average Bonchev–Trinajstić information content (AvgIpc) is 0.785. The first-order valence-corrected chi connectivity index (χ1v) is 38.8. The molecule has 2 heteroatoms. The van der Waals surface area contributed by atoms with Crippen LogP contribution in [0.2, 0.25) is 0 Å². The zero-order chi connectivity index (χ0) is 73.7. The maximum absolute atomic E-state index is 2.42. The Morgan fingerprint density at radius 3 is 0.777 bits per heavy atom. The van der Waals surface area contributed by atoms with Crippen LogP contribution in [0.5, 0.6) is 0 Å². The minimum Gasteiger partial charge on any atom is -0.309 e. The highest BCUT2D eigenvalue weighted by Crippen LogP contribution is 2.48. The number of rotatable bonds is 9. The predicted molar refractivity (Wildman–Crippen MR) is 480 cm³/mol. The van der Waals surface area contributed by atoms with Gasteiger partial charge in [-0.05, 0) is 237 Å². The minimum absolute atomic E-state index is 1.15. The lowest BCUT2D eigenvalue weighted by molar-refractivity contribution is 1.18. The lowest BCUT2D eigenvalue weighted by Gasteiger charge is -2.18. The van der Waals surface area contributed by atoms with Crippen LogP contribution in [0.25, 0.3) is 219 Å². The Balaban J connectivity index is 0.000000138. The molecule has 0 saturated heterocycles. The molecule has 0 bridgehead atoms. The SMILES string of the molecule is c1ccc2cc(-c3c4ccccc4c(-c4ccc(-n5c6ccccc6c6cc(-c7cccc8ccccc78)ccc65)cc4)c4ccccc34)ccc2c1.c1ccc2cc(-c3ccc(-c4c5ccccc5c(-c5ccc(-n6c7ccccc7c7cc(-c8cccc9ccccc89)ccc76)cc5)c5ccccc45)cc3)ccc2c1. The highest BCUT2D eigenvalue weighted by atomic mass is 15.0. The highest BCUT2D eigenvalue weighted by molar-refractivity contribution is 6.24. The van der Waals surface area contributed by atoms with Gasteiger partial charge in [-0.15, -0.1) is 0 Å². The van der Waals surface area contributed by atoms with Crippen molar-refractivity contribution in [2.24, 2.45) is 0 Å². The van der Waals surface area contributed by atoms with Gasteiger partial charge in [-0.1, -0.05) is 352 Å². The van der Waals surface area contributed by atoms with Crippen LogP contribution in [-0.2, 0) is 0 Å². The molecular weight excluding hydrogens is 1350 g/mol. The van der Waals surface area contributed by atoms with Gasteiger partial charge in [0.1, 0.15) is 0 Å². The van der Waals surface area contributed by atoms with Crippen LogP contribution < -0.4 is 0 Å². The Bertz CT molecular complexity index is 7600. The van der Waals surface area contributed by atoms with Gasteiger partial charge in [-0.3, -0.25) is 0 Å². The Morgan fingerprint density at radius 1 is 0.125 bits per heavy atom. The van der Waals surface area contributed by atoms with E-state index >= 15 is 0 Å². The second kappa shape index (κ2) is 26.6. The molecule has 0 aliphatic rings. The summed E-state index contributed by atoms with van der Waals surface area (Å²) in [6.45, 7) is 0. The Labute approximate surface area is 648 Å².